The molecular weight excluding hydrogens is 501 g/mol. The van der Waals surface area contributed by atoms with Crippen LogP contribution in [-0.4, -0.2) is 34.7 Å². The lowest BCUT2D eigenvalue weighted by Gasteiger charge is -2.24. The lowest BCUT2D eigenvalue weighted by molar-refractivity contribution is -0.137. The molecule has 2 heterocycles. The highest BCUT2D eigenvalue weighted by Gasteiger charge is 2.32. The van der Waals surface area contributed by atoms with Gasteiger partial charge in [-0.25, -0.2) is 4.98 Å². The van der Waals surface area contributed by atoms with Crippen LogP contribution in [0.3, 0.4) is 0 Å². The lowest BCUT2D eigenvalue weighted by atomic mass is 10.1. The van der Waals surface area contributed by atoms with Gasteiger partial charge in [-0.15, -0.1) is 0 Å². The monoisotopic (exact) mass is 524 g/mol. The maximum atomic E-state index is 13.5. The van der Waals surface area contributed by atoms with Gasteiger partial charge in [0.15, 0.2) is 11.5 Å². The molecule has 1 aliphatic rings. The molecule has 8 nitrogen and oxygen atoms in total. The Morgan fingerprint density at radius 3 is 2.63 bits per heavy atom. The minimum Gasteiger partial charge on any atom is -0.454 e. The molecular formula is C27H23F3N4O4. The second-order valence-corrected chi connectivity index (χ2v) is 8.73. The van der Waals surface area contributed by atoms with E-state index in [1.807, 2.05) is 6.07 Å². The van der Waals surface area contributed by atoms with E-state index in [2.05, 4.69) is 10.3 Å². The minimum atomic E-state index is -4.61. The number of carbonyl (C=O) groups excluding carboxylic acids is 2. The van der Waals surface area contributed by atoms with Gasteiger partial charge in [0.25, 0.3) is 0 Å². The van der Waals surface area contributed by atoms with Crippen LogP contribution in [0, 0.1) is 6.92 Å². The second kappa shape index (κ2) is 10.1. The number of hydrogen-bond acceptors (Lipinski definition) is 5. The number of benzene rings is 3. The molecule has 0 radical (unpaired) electrons. The largest absolute Gasteiger partial charge is 0.454 e. The number of halogens is 3. The Balaban J connectivity index is 1.38. The summed E-state index contributed by atoms with van der Waals surface area (Å²) in [7, 11) is 0. The lowest BCUT2D eigenvalue weighted by Crippen LogP contribution is -2.42. The summed E-state index contributed by atoms with van der Waals surface area (Å²) in [6, 6.07) is 16.8. The van der Waals surface area contributed by atoms with Crippen LogP contribution in [0.2, 0.25) is 0 Å². The number of fused-ring (bicyclic) bond motifs is 2. The maximum Gasteiger partial charge on any atom is 0.416 e. The van der Waals surface area contributed by atoms with Crippen LogP contribution in [0.4, 0.5) is 18.9 Å². The number of carbonyl (C=O) groups is 2. The van der Waals surface area contributed by atoms with E-state index in [-0.39, 0.29) is 25.6 Å². The van der Waals surface area contributed by atoms with Gasteiger partial charge in [-0.1, -0.05) is 24.3 Å². The summed E-state index contributed by atoms with van der Waals surface area (Å²) in [5, 5.41) is 2.72. The van der Waals surface area contributed by atoms with E-state index in [4.69, 9.17) is 9.47 Å². The van der Waals surface area contributed by atoms with Crippen molar-refractivity contribution in [3.8, 4) is 11.5 Å². The fraction of sp³-hybridized carbons (Fsp3) is 0.222. The molecule has 38 heavy (non-hydrogen) atoms. The van der Waals surface area contributed by atoms with Crippen molar-refractivity contribution in [3.63, 3.8) is 0 Å². The first-order valence-corrected chi connectivity index (χ1v) is 11.7. The third kappa shape index (κ3) is 5.26. The van der Waals surface area contributed by atoms with Crippen molar-refractivity contribution in [2.75, 3.05) is 18.2 Å². The van der Waals surface area contributed by atoms with Crippen LogP contribution in [-0.2, 0) is 28.9 Å². The first-order valence-electron chi connectivity index (χ1n) is 11.7. The Kier molecular flexibility index (Phi) is 6.66. The summed E-state index contributed by atoms with van der Waals surface area (Å²) >= 11 is 0. The van der Waals surface area contributed by atoms with Crippen molar-refractivity contribution in [1.82, 2.24) is 14.9 Å². The highest BCUT2D eigenvalue weighted by atomic mass is 19.4. The van der Waals surface area contributed by atoms with E-state index in [1.54, 1.807) is 47.9 Å². The highest BCUT2D eigenvalue weighted by Crippen LogP contribution is 2.33. The third-order valence-corrected chi connectivity index (χ3v) is 6.15. The summed E-state index contributed by atoms with van der Waals surface area (Å²) < 4.78 is 52.5. The van der Waals surface area contributed by atoms with Crippen molar-refractivity contribution in [1.29, 1.82) is 0 Å². The molecule has 0 unspecified atom stereocenters. The number of anilines is 1. The predicted molar refractivity (Wildman–Crippen MR) is 133 cm³/mol. The van der Waals surface area contributed by atoms with Crippen LogP contribution < -0.4 is 19.7 Å². The van der Waals surface area contributed by atoms with Gasteiger partial charge in [0, 0.05) is 12.2 Å². The SMILES string of the molecule is Cc1nc2ccccc2n1CC(=O)N(CC(=O)NCc1ccc2c(c1)OCO2)c1cccc(C(F)(F)F)c1. The molecule has 2 amide bonds. The normalized spacial score (nSPS) is 12.5. The molecule has 0 bridgehead atoms. The number of rotatable bonds is 7. The molecule has 0 fully saturated rings. The summed E-state index contributed by atoms with van der Waals surface area (Å²) in [5.41, 5.74) is 1.17. The van der Waals surface area contributed by atoms with Crippen molar-refractivity contribution in [2.45, 2.75) is 26.2 Å². The van der Waals surface area contributed by atoms with Crippen LogP contribution >= 0.6 is 0 Å². The number of aryl methyl sites for hydroxylation is 1. The van der Waals surface area contributed by atoms with Gasteiger partial charge < -0.3 is 24.3 Å². The Hall–Kier alpha value is -4.54. The van der Waals surface area contributed by atoms with Gasteiger partial charge in [0.2, 0.25) is 18.6 Å². The molecule has 0 aliphatic carbocycles. The zero-order valence-corrected chi connectivity index (χ0v) is 20.3. The number of amides is 2. The highest BCUT2D eigenvalue weighted by molar-refractivity contribution is 5.99. The topological polar surface area (TPSA) is 85.7 Å². The summed E-state index contributed by atoms with van der Waals surface area (Å²) in [6.45, 7) is 1.30. The maximum absolute atomic E-state index is 13.5. The first-order chi connectivity index (χ1) is 18.2. The van der Waals surface area contributed by atoms with E-state index in [1.165, 1.54) is 12.1 Å². The number of imidazole rings is 1. The minimum absolute atomic E-state index is 0.0369. The predicted octanol–water partition coefficient (Wildman–Crippen LogP) is 4.44. The van der Waals surface area contributed by atoms with Gasteiger partial charge in [0.1, 0.15) is 18.9 Å². The molecule has 1 N–H and O–H groups in total. The van der Waals surface area contributed by atoms with Crippen LogP contribution in [0.5, 0.6) is 11.5 Å². The summed E-state index contributed by atoms with van der Waals surface area (Å²) in [4.78, 5) is 31.9. The Labute approximate surface area is 215 Å². The van der Waals surface area contributed by atoms with Crippen LogP contribution in [0.25, 0.3) is 11.0 Å². The van der Waals surface area contributed by atoms with E-state index in [0.29, 0.717) is 28.4 Å². The first kappa shape index (κ1) is 25.1. The molecule has 11 heteroatoms. The summed E-state index contributed by atoms with van der Waals surface area (Å²) in [5.74, 6) is 0.620. The Morgan fingerprint density at radius 1 is 1.03 bits per heavy atom. The number of nitrogens with zero attached hydrogens (tertiary/aromatic N) is 3. The van der Waals surface area contributed by atoms with E-state index < -0.39 is 30.1 Å². The zero-order chi connectivity index (χ0) is 26.9. The standard InChI is InChI=1S/C27H23F3N4O4/c1-17-32-21-7-2-3-8-22(21)33(17)15-26(36)34(20-6-4-5-19(12-20)27(28,29)30)14-25(35)31-13-18-9-10-23-24(11-18)38-16-37-23/h2-12H,13-16H2,1H3,(H,31,35). The second-order valence-electron chi connectivity index (χ2n) is 8.73. The molecule has 3 aromatic carbocycles. The molecule has 0 spiro atoms. The molecule has 0 saturated carbocycles. The van der Waals surface area contributed by atoms with Gasteiger partial charge in [0.05, 0.1) is 16.6 Å². The van der Waals surface area contributed by atoms with Gasteiger partial charge in [-0.2, -0.15) is 13.2 Å². The molecule has 1 aliphatic heterocycles. The fourth-order valence-corrected chi connectivity index (χ4v) is 4.24. The van der Waals surface area contributed by atoms with Gasteiger partial charge in [-0.05, 0) is 55.0 Å². The number of alkyl halides is 3. The van der Waals surface area contributed by atoms with E-state index >= 15 is 0 Å². The molecule has 5 rings (SSSR count). The average molecular weight is 524 g/mol. The number of hydrogen-bond donors (Lipinski definition) is 1. The number of ether oxygens (including phenoxy) is 2. The van der Waals surface area contributed by atoms with Crippen molar-refractivity contribution < 1.29 is 32.2 Å². The van der Waals surface area contributed by atoms with Crippen molar-refractivity contribution in [3.05, 3.63) is 83.7 Å². The Morgan fingerprint density at radius 2 is 1.82 bits per heavy atom. The Bertz CT molecular complexity index is 1520. The van der Waals surface area contributed by atoms with Crippen LogP contribution in [0.1, 0.15) is 17.0 Å². The molecule has 4 aromatic rings. The van der Waals surface area contributed by atoms with Crippen molar-refractivity contribution >= 4 is 28.5 Å². The van der Waals surface area contributed by atoms with Gasteiger partial charge >= 0.3 is 6.18 Å². The zero-order valence-electron chi connectivity index (χ0n) is 20.3. The quantitative estimate of drug-likeness (QED) is 0.386. The molecule has 0 atom stereocenters. The fourth-order valence-electron chi connectivity index (χ4n) is 4.24. The third-order valence-electron chi connectivity index (χ3n) is 6.15. The van der Waals surface area contributed by atoms with Crippen molar-refractivity contribution in [2.24, 2.45) is 0 Å². The molecule has 1 aromatic heterocycles. The average Bonchev–Trinajstić information content (AvgIpc) is 3.49. The van der Waals surface area contributed by atoms with Gasteiger partial charge in [-0.3, -0.25) is 9.59 Å². The number of para-hydroxylation sites is 2. The van der Waals surface area contributed by atoms with E-state index in [9.17, 15) is 22.8 Å². The van der Waals surface area contributed by atoms with E-state index in [0.717, 1.165) is 22.6 Å². The smallest absolute Gasteiger partial charge is 0.416 e. The molecule has 0 saturated heterocycles. The summed E-state index contributed by atoms with van der Waals surface area (Å²) in [6.07, 6.45) is -4.61. The molecule has 196 valence electrons. The number of nitrogens with one attached hydrogen (secondary N) is 1. The number of aromatic nitrogens is 2. The van der Waals surface area contributed by atoms with Crippen LogP contribution in [0.15, 0.2) is 66.7 Å².